The first-order chi connectivity index (χ1) is 3.31. The van der Waals surface area contributed by atoms with Crippen LogP contribution in [0.3, 0.4) is 0 Å². The van der Waals surface area contributed by atoms with E-state index in [1.54, 1.807) is 0 Å². The van der Waals surface area contributed by atoms with Gasteiger partial charge in [0.25, 0.3) is 0 Å². The zero-order chi connectivity index (χ0) is 5.70. The summed E-state index contributed by atoms with van der Waals surface area (Å²) in [5.41, 5.74) is 0. The minimum absolute atomic E-state index is 0.0523. The summed E-state index contributed by atoms with van der Waals surface area (Å²) in [5.74, 6) is 0. The molecule has 0 spiro atoms. The zero-order valence-electron chi connectivity index (χ0n) is 4.30. The van der Waals surface area contributed by atoms with Gasteiger partial charge in [-0.05, 0) is 12.8 Å². The Morgan fingerprint density at radius 2 is 2.14 bits per heavy atom. The molecule has 1 atom stereocenters. The van der Waals surface area contributed by atoms with Crippen molar-refractivity contribution in [2.24, 2.45) is 0 Å². The third-order valence-corrected chi connectivity index (χ3v) is 0.796. The van der Waals surface area contributed by atoms with Crippen LogP contribution in [-0.2, 0) is 0 Å². The first kappa shape index (κ1) is 6.92. The molecule has 0 bridgehead atoms. The molecule has 0 aromatic heterocycles. The Hall–Kier alpha value is -0.0800. The van der Waals surface area contributed by atoms with Crippen LogP contribution < -0.4 is 0 Å². The van der Waals surface area contributed by atoms with Gasteiger partial charge < -0.3 is 10.2 Å². The maximum absolute atomic E-state index is 8.64. The Labute approximate surface area is 43.8 Å². The quantitative estimate of drug-likeness (QED) is 0.526. The van der Waals surface area contributed by atoms with E-state index in [0.717, 1.165) is 0 Å². The molecular formula is C5H11O2. The molecule has 0 saturated heterocycles. The van der Waals surface area contributed by atoms with Crippen molar-refractivity contribution in [2.45, 2.75) is 18.9 Å². The summed E-state index contributed by atoms with van der Waals surface area (Å²) in [6, 6.07) is 0. The van der Waals surface area contributed by atoms with Gasteiger partial charge in [-0.25, -0.2) is 0 Å². The molecule has 0 amide bonds. The fraction of sp³-hybridized carbons (Fsp3) is 0.800. The summed E-state index contributed by atoms with van der Waals surface area (Å²) in [5, 5.41) is 16.8. The summed E-state index contributed by atoms with van der Waals surface area (Å²) in [7, 11) is 0. The van der Waals surface area contributed by atoms with Gasteiger partial charge in [0.15, 0.2) is 0 Å². The van der Waals surface area contributed by atoms with Gasteiger partial charge in [0, 0.05) is 6.61 Å². The molecule has 0 saturated carbocycles. The van der Waals surface area contributed by atoms with Crippen molar-refractivity contribution < 1.29 is 10.2 Å². The average molecular weight is 103 g/mol. The Kier molecular flexibility index (Phi) is 4.04. The summed E-state index contributed by atoms with van der Waals surface area (Å²) >= 11 is 0. The first-order valence-corrected chi connectivity index (χ1v) is 2.39. The highest BCUT2D eigenvalue weighted by molar-refractivity contribution is 4.53. The van der Waals surface area contributed by atoms with Crippen molar-refractivity contribution in [3.8, 4) is 0 Å². The van der Waals surface area contributed by atoms with Crippen molar-refractivity contribution >= 4 is 0 Å². The van der Waals surface area contributed by atoms with Crippen molar-refractivity contribution in [3.05, 3.63) is 6.92 Å². The Morgan fingerprint density at radius 1 is 1.57 bits per heavy atom. The summed E-state index contributed by atoms with van der Waals surface area (Å²) in [6.07, 6.45) is 0.523. The lowest BCUT2D eigenvalue weighted by molar-refractivity contribution is 0.135. The van der Waals surface area contributed by atoms with Crippen LogP contribution in [0.1, 0.15) is 12.8 Å². The molecule has 0 fully saturated rings. The second-order valence-corrected chi connectivity index (χ2v) is 1.45. The van der Waals surface area contributed by atoms with Crippen LogP contribution in [0.4, 0.5) is 0 Å². The molecule has 7 heavy (non-hydrogen) atoms. The van der Waals surface area contributed by atoms with Crippen LogP contribution >= 0.6 is 0 Å². The average Bonchev–Trinajstić information content (AvgIpc) is 1.68. The summed E-state index contributed by atoms with van der Waals surface area (Å²) in [4.78, 5) is 0. The van der Waals surface area contributed by atoms with Gasteiger partial charge in [-0.3, -0.25) is 0 Å². The fourth-order valence-electron chi connectivity index (χ4n) is 0.293. The molecule has 0 unspecified atom stereocenters. The molecule has 1 radical (unpaired) electrons. The minimum Gasteiger partial charge on any atom is -0.396 e. The normalized spacial score (nSPS) is 14.1. The van der Waals surface area contributed by atoms with Gasteiger partial charge >= 0.3 is 0 Å². The van der Waals surface area contributed by atoms with Gasteiger partial charge in [-0.2, -0.15) is 0 Å². The van der Waals surface area contributed by atoms with E-state index in [9.17, 15) is 0 Å². The maximum atomic E-state index is 8.64. The van der Waals surface area contributed by atoms with Crippen molar-refractivity contribution in [1.82, 2.24) is 0 Å². The molecular weight excluding hydrogens is 92.1 g/mol. The van der Waals surface area contributed by atoms with Gasteiger partial charge in [-0.15, -0.1) is 0 Å². The van der Waals surface area contributed by atoms with E-state index in [-0.39, 0.29) is 6.61 Å². The second-order valence-electron chi connectivity index (χ2n) is 1.45. The number of aliphatic hydroxyl groups is 2. The zero-order valence-corrected chi connectivity index (χ0v) is 4.30. The lowest BCUT2D eigenvalue weighted by Crippen LogP contribution is -2.05. The van der Waals surface area contributed by atoms with Crippen LogP contribution in [0.2, 0.25) is 0 Å². The van der Waals surface area contributed by atoms with Crippen molar-refractivity contribution in [3.63, 3.8) is 0 Å². The van der Waals surface area contributed by atoms with E-state index in [4.69, 9.17) is 10.2 Å². The molecule has 0 aliphatic carbocycles. The van der Waals surface area contributed by atoms with E-state index in [1.165, 1.54) is 0 Å². The molecule has 0 aromatic carbocycles. The SMILES string of the molecule is [CH2]C[C@H](O)CCO. The van der Waals surface area contributed by atoms with Gasteiger partial charge in [0.05, 0.1) is 6.10 Å². The highest BCUT2D eigenvalue weighted by atomic mass is 16.3. The molecule has 0 aliphatic rings. The van der Waals surface area contributed by atoms with E-state index in [1.807, 2.05) is 0 Å². The van der Waals surface area contributed by atoms with E-state index in [2.05, 4.69) is 6.92 Å². The largest absolute Gasteiger partial charge is 0.396 e. The van der Waals surface area contributed by atoms with Crippen LogP contribution in [0.15, 0.2) is 0 Å². The Balaban J connectivity index is 2.83. The summed E-state index contributed by atoms with van der Waals surface area (Å²) < 4.78 is 0. The maximum Gasteiger partial charge on any atom is 0.0562 e. The van der Waals surface area contributed by atoms with Crippen LogP contribution in [0, 0.1) is 6.92 Å². The third-order valence-electron chi connectivity index (χ3n) is 0.796. The number of hydrogen-bond acceptors (Lipinski definition) is 2. The van der Waals surface area contributed by atoms with Gasteiger partial charge in [0.2, 0.25) is 0 Å². The predicted molar refractivity (Wildman–Crippen MR) is 27.7 cm³/mol. The molecule has 0 aromatic rings. The van der Waals surface area contributed by atoms with Crippen LogP contribution in [0.25, 0.3) is 0 Å². The predicted octanol–water partition coefficient (Wildman–Crippen LogP) is -0.0461. The monoisotopic (exact) mass is 103 g/mol. The number of rotatable bonds is 3. The highest BCUT2D eigenvalue weighted by Crippen LogP contribution is 1.92. The standard InChI is InChI=1S/C5H11O2/c1-2-5(7)3-4-6/h5-7H,1-4H2/t5-/m0/s1. The minimum atomic E-state index is -0.412. The fourth-order valence-corrected chi connectivity index (χ4v) is 0.293. The van der Waals surface area contributed by atoms with Crippen LogP contribution in [-0.4, -0.2) is 22.9 Å². The third kappa shape index (κ3) is 3.76. The molecule has 0 heterocycles. The van der Waals surface area contributed by atoms with Crippen molar-refractivity contribution in [1.29, 1.82) is 0 Å². The number of hydrogen-bond donors (Lipinski definition) is 2. The molecule has 0 rings (SSSR count). The molecule has 2 nitrogen and oxygen atoms in total. The van der Waals surface area contributed by atoms with Gasteiger partial charge in [-0.1, -0.05) is 6.92 Å². The molecule has 43 valence electrons. The second kappa shape index (κ2) is 4.09. The molecule has 2 N–H and O–H groups in total. The Morgan fingerprint density at radius 3 is 2.29 bits per heavy atom. The topological polar surface area (TPSA) is 40.5 Å². The molecule has 0 aliphatic heterocycles. The lowest BCUT2D eigenvalue weighted by Gasteiger charge is -2.01. The van der Waals surface area contributed by atoms with E-state index in [0.29, 0.717) is 12.8 Å². The number of aliphatic hydroxyl groups excluding tert-OH is 2. The van der Waals surface area contributed by atoms with E-state index >= 15 is 0 Å². The van der Waals surface area contributed by atoms with Crippen molar-refractivity contribution in [2.75, 3.05) is 6.61 Å². The smallest absolute Gasteiger partial charge is 0.0562 e. The van der Waals surface area contributed by atoms with Gasteiger partial charge in [0.1, 0.15) is 0 Å². The van der Waals surface area contributed by atoms with Crippen LogP contribution in [0.5, 0.6) is 0 Å². The van der Waals surface area contributed by atoms with E-state index < -0.39 is 6.10 Å². The highest BCUT2D eigenvalue weighted by Gasteiger charge is 1.95. The lowest BCUT2D eigenvalue weighted by atomic mass is 10.2. The summed E-state index contributed by atoms with van der Waals surface area (Å²) in [6.45, 7) is 3.50. The molecule has 2 heteroatoms. The Bertz CT molecular complexity index is 37.1. The first-order valence-electron chi connectivity index (χ1n) is 2.39.